The van der Waals surface area contributed by atoms with Crippen LogP contribution in [-0.2, 0) is 15.0 Å². The van der Waals surface area contributed by atoms with Gasteiger partial charge in [0.15, 0.2) is 0 Å². The van der Waals surface area contributed by atoms with Crippen molar-refractivity contribution in [1.29, 1.82) is 0 Å². The molecule has 2 saturated heterocycles. The van der Waals surface area contributed by atoms with E-state index in [0.29, 0.717) is 12.4 Å². The molecular weight excluding hydrogens is 350 g/mol. The minimum absolute atomic E-state index is 0.106. The molecule has 1 unspecified atom stereocenters. The highest BCUT2D eigenvalue weighted by atomic mass is 16.5. The Bertz CT molecular complexity index is 903. The number of nitrogens with one attached hydrogen (secondary N) is 2. The molecule has 8 nitrogen and oxygen atoms in total. The van der Waals surface area contributed by atoms with Crippen molar-refractivity contribution in [3.05, 3.63) is 28.8 Å². The molecular formula is C19H19N3O5. The number of carbonyl (C=O) groups excluding carboxylic acids is 4. The SMILES string of the molecule is O=C1CCC(N2C(=O)c3ccc4c(c3C2=O)OCC42CCNCC2)C(=O)N1. The molecule has 1 aromatic rings. The van der Waals surface area contributed by atoms with Gasteiger partial charge in [-0.25, -0.2) is 0 Å². The lowest BCUT2D eigenvalue weighted by atomic mass is 9.74. The number of piperidine rings is 2. The fraction of sp³-hybridized carbons (Fsp3) is 0.474. The van der Waals surface area contributed by atoms with E-state index in [1.54, 1.807) is 6.07 Å². The third-order valence-corrected chi connectivity index (χ3v) is 6.19. The summed E-state index contributed by atoms with van der Waals surface area (Å²) in [6, 6.07) is 2.62. The third kappa shape index (κ3) is 2.19. The molecule has 27 heavy (non-hydrogen) atoms. The van der Waals surface area contributed by atoms with Gasteiger partial charge in [0.2, 0.25) is 11.8 Å². The van der Waals surface area contributed by atoms with E-state index in [-0.39, 0.29) is 35.3 Å². The standard InChI is InChI=1S/C19H19N3O5/c23-13-4-3-12(16(24)21-13)22-17(25)10-1-2-11-15(14(10)18(22)26)27-9-19(11)5-7-20-8-6-19/h1-2,12,20H,3-9H2,(H,21,23,24). The van der Waals surface area contributed by atoms with Gasteiger partial charge in [0, 0.05) is 17.4 Å². The molecule has 1 atom stereocenters. The summed E-state index contributed by atoms with van der Waals surface area (Å²) in [5.41, 5.74) is 1.39. The summed E-state index contributed by atoms with van der Waals surface area (Å²) in [4.78, 5) is 50.6. The minimum Gasteiger partial charge on any atom is -0.491 e. The van der Waals surface area contributed by atoms with E-state index in [1.165, 1.54) is 0 Å². The van der Waals surface area contributed by atoms with Crippen LogP contribution in [0.3, 0.4) is 0 Å². The molecule has 0 saturated carbocycles. The zero-order valence-electron chi connectivity index (χ0n) is 14.7. The topological polar surface area (TPSA) is 105 Å². The van der Waals surface area contributed by atoms with E-state index in [2.05, 4.69) is 10.6 Å². The summed E-state index contributed by atoms with van der Waals surface area (Å²) in [6.45, 7) is 2.27. The number of ether oxygens (including phenoxy) is 1. The number of hydrogen-bond donors (Lipinski definition) is 2. The summed E-state index contributed by atoms with van der Waals surface area (Å²) in [5, 5.41) is 5.55. The molecule has 1 aromatic carbocycles. The molecule has 0 bridgehead atoms. The Morgan fingerprint density at radius 2 is 1.85 bits per heavy atom. The third-order valence-electron chi connectivity index (χ3n) is 6.19. The first-order chi connectivity index (χ1) is 13.0. The molecule has 2 fully saturated rings. The van der Waals surface area contributed by atoms with E-state index < -0.39 is 23.8 Å². The Balaban J connectivity index is 1.55. The van der Waals surface area contributed by atoms with Crippen LogP contribution in [0.1, 0.15) is 52.0 Å². The first kappa shape index (κ1) is 16.4. The Labute approximate surface area is 155 Å². The molecule has 0 aromatic heterocycles. The summed E-state index contributed by atoms with van der Waals surface area (Å²) in [7, 11) is 0. The van der Waals surface area contributed by atoms with Gasteiger partial charge >= 0.3 is 0 Å². The average molecular weight is 369 g/mol. The summed E-state index contributed by atoms with van der Waals surface area (Å²) >= 11 is 0. The second-order valence-electron chi connectivity index (χ2n) is 7.63. The molecule has 4 aliphatic rings. The average Bonchev–Trinajstić information content (AvgIpc) is 3.13. The monoisotopic (exact) mass is 369 g/mol. The predicted molar refractivity (Wildman–Crippen MR) is 92.4 cm³/mol. The highest BCUT2D eigenvalue weighted by Gasteiger charge is 2.50. The molecule has 4 amide bonds. The Hall–Kier alpha value is -2.74. The van der Waals surface area contributed by atoms with Crippen LogP contribution >= 0.6 is 0 Å². The summed E-state index contributed by atoms with van der Waals surface area (Å²) in [6.07, 6.45) is 2.08. The van der Waals surface area contributed by atoms with Gasteiger partial charge in [0.25, 0.3) is 11.8 Å². The van der Waals surface area contributed by atoms with Gasteiger partial charge in [0.1, 0.15) is 11.8 Å². The van der Waals surface area contributed by atoms with E-state index in [9.17, 15) is 19.2 Å². The lowest BCUT2D eigenvalue weighted by molar-refractivity contribution is -0.136. The van der Waals surface area contributed by atoms with Crippen molar-refractivity contribution >= 4 is 23.6 Å². The zero-order chi connectivity index (χ0) is 18.8. The van der Waals surface area contributed by atoms with Gasteiger partial charge in [-0.05, 0) is 38.4 Å². The highest BCUT2D eigenvalue weighted by Crippen LogP contribution is 2.48. The van der Waals surface area contributed by atoms with Crippen molar-refractivity contribution in [2.24, 2.45) is 0 Å². The van der Waals surface area contributed by atoms with Gasteiger partial charge < -0.3 is 10.1 Å². The summed E-state index contributed by atoms with van der Waals surface area (Å²) in [5.74, 6) is -1.50. The smallest absolute Gasteiger partial charge is 0.266 e. The van der Waals surface area contributed by atoms with Crippen molar-refractivity contribution in [1.82, 2.24) is 15.5 Å². The van der Waals surface area contributed by atoms with Crippen LogP contribution in [0.4, 0.5) is 0 Å². The van der Waals surface area contributed by atoms with Crippen molar-refractivity contribution < 1.29 is 23.9 Å². The van der Waals surface area contributed by atoms with Crippen LogP contribution in [-0.4, -0.2) is 54.3 Å². The number of amides is 4. The second kappa shape index (κ2) is 5.63. The van der Waals surface area contributed by atoms with Gasteiger partial charge in [-0.2, -0.15) is 0 Å². The number of fused-ring (bicyclic) bond motifs is 4. The second-order valence-corrected chi connectivity index (χ2v) is 7.63. The maximum Gasteiger partial charge on any atom is 0.266 e. The van der Waals surface area contributed by atoms with E-state index >= 15 is 0 Å². The van der Waals surface area contributed by atoms with Crippen LogP contribution in [0.5, 0.6) is 5.75 Å². The van der Waals surface area contributed by atoms with E-state index in [0.717, 1.165) is 36.4 Å². The normalized spacial score (nSPS) is 26.1. The van der Waals surface area contributed by atoms with Gasteiger partial charge in [-0.1, -0.05) is 6.07 Å². The van der Waals surface area contributed by atoms with Crippen LogP contribution in [0.2, 0.25) is 0 Å². The Morgan fingerprint density at radius 3 is 2.59 bits per heavy atom. The lowest BCUT2D eigenvalue weighted by Crippen LogP contribution is -2.54. The molecule has 0 radical (unpaired) electrons. The Kier molecular flexibility index (Phi) is 3.42. The quantitative estimate of drug-likeness (QED) is 0.681. The van der Waals surface area contributed by atoms with E-state index in [1.807, 2.05) is 6.07 Å². The number of rotatable bonds is 1. The van der Waals surface area contributed by atoms with Crippen molar-refractivity contribution in [2.75, 3.05) is 19.7 Å². The molecule has 4 heterocycles. The molecule has 1 spiro atoms. The van der Waals surface area contributed by atoms with Crippen LogP contribution < -0.4 is 15.4 Å². The molecule has 140 valence electrons. The lowest BCUT2D eigenvalue weighted by Gasteiger charge is -2.32. The zero-order valence-corrected chi connectivity index (χ0v) is 14.7. The maximum absolute atomic E-state index is 13.1. The maximum atomic E-state index is 13.1. The predicted octanol–water partition coefficient (Wildman–Crippen LogP) is 0.101. The fourth-order valence-corrected chi connectivity index (χ4v) is 4.70. The molecule has 8 heteroatoms. The van der Waals surface area contributed by atoms with Crippen LogP contribution in [0, 0.1) is 0 Å². The van der Waals surface area contributed by atoms with Gasteiger partial charge in [-0.3, -0.25) is 29.4 Å². The van der Waals surface area contributed by atoms with Gasteiger partial charge in [-0.15, -0.1) is 0 Å². The molecule has 4 aliphatic heterocycles. The van der Waals surface area contributed by atoms with Crippen molar-refractivity contribution in [3.8, 4) is 5.75 Å². The first-order valence-electron chi connectivity index (χ1n) is 9.24. The Morgan fingerprint density at radius 1 is 1.07 bits per heavy atom. The minimum atomic E-state index is -0.958. The summed E-state index contributed by atoms with van der Waals surface area (Å²) < 4.78 is 5.95. The number of hydrogen-bond acceptors (Lipinski definition) is 6. The van der Waals surface area contributed by atoms with Crippen LogP contribution in [0.15, 0.2) is 12.1 Å². The van der Waals surface area contributed by atoms with Crippen molar-refractivity contribution in [2.45, 2.75) is 37.1 Å². The number of imide groups is 2. The van der Waals surface area contributed by atoms with E-state index in [4.69, 9.17) is 4.74 Å². The molecule has 5 rings (SSSR count). The van der Waals surface area contributed by atoms with Gasteiger partial charge in [0.05, 0.1) is 17.7 Å². The molecule has 2 N–H and O–H groups in total. The first-order valence-corrected chi connectivity index (χ1v) is 9.24. The largest absolute Gasteiger partial charge is 0.491 e. The fourth-order valence-electron chi connectivity index (χ4n) is 4.70. The van der Waals surface area contributed by atoms with Crippen molar-refractivity contribution in [3.63, 3.8) is 0 Å². The number of carbonyl (C=O) groups is 4. The number of benzene rings is 1. The number of nitrogens with zero attached hydrogens (tertiary/aromatic N) is 1. The van der Waals surface area contributed by atoms with Crippen LogP contribution in [0.25, 0.3) is 0 Å². The highest BCUT2D eigenvalue weighted by molar-refractivity contribution is 6.24. The molecule has 0 aliphatic carbocycles.